The molecule has 1 aliphatic heterocycles. The standard InChI is InChI=1S/C20H29N3O2/c21-19(24)18(15-8-3-1-4-9-15)23-13-7-10-16(14-23)20(25)22-17-11-5-2-6-12-17/h1,3-4,8-9,16-18H,2,5-7,10-14H2,(H2,21,24)(H,22,25)/t16-,18+/m0/s1. The van der Waals surface area contributed by atoms with Gasteiger partial charge in [-0.05, 0) is 37.8 Å². The van der Waals surface area contributed by atoms with Gasteiger partial charge < -0.3 is 11.1 Å². The van der Waals surface area contributed by atoms with Gasteiger partial charge in [-0.2, -0.15) is 0 Å². The Hall–Kier alpha value is -1.88. The van der Waals surface area contributed by atoms with Crippen molar-refractivity contribution in [1.29, 1.82) is 0 Å². The second-order valence-corrected chi connectivity index (χ2v) is 7.39. The Morgan fingerprint density at radius 3 is 2.44 bits per heavy atom. The number of amides is 2. The maximum Gasteiger partial charge on any atom is 0.239 e. The number of nitrogens with one attached hydrogen (secondary N) is 1. The lowest BCUT2D eigenvalue weighted by Crippen LogP contribution is -2.49. The van der Waals surface area contributed by atoms with E-state index in [-0.39, 0.29) is 17.7 Å². The third-order valence-corrected chi connectivity index (χ3v) is 5.53. The first kappa shape index (κ1) is 17.9. The molecule has 1 saturated carbocycles. The van der Waals surface area contributed by atoms with Crippen molar-refractivity contribution in [2.45, 2.75) is 57.0 Å². The van der Waals surface area contributed by atoms with Crippen molar-refractivity contribution in [3.05, 3.63) is 35.9 Å². The summed E-state index contributed by atoms with van der Waals surface area (Å²) in [5, 5.41) is 3.24. The molecule has 136 valence electrons. The van der Waals surface area contributed by atoms with Crippen molar-refractivity contribution in [1.82, 2.24) is 10.2 Å². The molecule has 1 aliphatic carbocycles. The molecule has 3 rings (SSSR count). The van der Waals surface area contributed by atoms with Gasteiger partial charge in [0.1, 0.15) is 6.04 Å². The van der Waals surface area contributed by atoms with Crippen LogP contribution in [-0.4, -0.2) is 35.8 Å². The van der Waals surface area contributed by atoms with E-state index in [4.69, 9.17) is 5.73 Å². The van der Waals surface area contributed by atoms with Gasteiger partial charge in [0.05, 0.1) is 5.92 Å². The average molecular weight is 343 g/mol. The predicted molar refractivity (Wildman–Crippen MR) is 97.7 cm³/mol. The molecule has 1 aromatic rings. The van der Waals surface area contributed by atoms with Crippen LogP contribution in [0.4, 0.5) is 0 Å². The van der Waals surface area contributed by atoms with E-state index in [2.05, 4.69) is 10.2 Å². The fraction of sp³-hybridized carbons (Fsp3) is 0.600. The summed E-state index contributed by atoms with van der Waals surface area (Å²) < 4.78 is 0. The zero-order valence-corrected chi connectivity index (χ0v) is 14.8. The minimum atomic E-state index is -0.452. The van der Waals surface area contributed by atoms with Crippen LogP contribution in [0.1, 0.15) is 56.6 Å². The molecule has 1 aromatic carbocycles. The Morgan fingerprint density at radius 1 is 1.04 bits per heavy atom. The van der Waals surface area contributed by atoms with E-state index in [9.17, 15) is 9.59 Å². The maximum atomic E-state index is 12.7. The van der Waals surface area contributed by atoms with Gasteiger partial charge in [0, 0.05) is 12.6 Å². The van der Waals surface area contributed by atoms with Gasteiger partial charge in [-0.25, -0.2) is 0 Å². The predicted octanol–water partition coefficient (Wildman–Crippen LogP) is 2.37. The van der Waals surface area contributed by atoms with Crippen molar-refractivity contribution >= 4 is 11.8 Å². The van der Waals surface area contributed by atoms with E-state index in [0.717, 1.165) is 37.8 Å². The first-order valence-corrected chi connectivity index (χ1v) is 9.54. The lowest BCUT2D eigenvalue weighted by Gasteiger charge is -2.37. The van der Waals surface area contributed by atoms with Crippen LogP contribution >= 0.6 is 0 Å². The Kier molecular flexibility index (Phi) is 6.08. The monoisotopic (exact) mass is 343 g/mol. The summed E-state index contributed by atoms with van der Waals surface area (Å²) in [6, 6.07) is 9.51. The highest BCUT2D eigenvalue weighted by Gasteiger charge is 2.33. The molecule has 5 nitrogen and oxygen atoms in total. The number of nitrogens with two attached hydrogens (primary N) is 1. The molecule has 1 saturated heterocycles. The van der Waals surface area contributed by atoms with E-state index in [0.29, 0.717) is 12.6 Å². The topological polar surface area (TPSA) is 75.4 Å². The highest BCUT2D eigenvalue weighted by molar-refractivity contribution is 5.82. The molecule has 2 aliphatic rings. The fourth-order valence-electron chi connectivity index (χ4n) is 4.21. The minimum Gasteiger partial charge on any atom is -0.368 e. The Balaban J connectivity index is 1.64. The Bertz CT molecular complexity index is 584. The highest BCUT2D eigenvalue weighted by Crippen LogP contribution is 2.27. The molecule has 2 atom stereocenters. The summed E-state index contributed by atoms with van der Waals surface area (Å²) >= 11 is 0. The summed E-state index contributed by atoms with van der Waals surface area (Å²) in [7, 11) is 0. The lowest BCUT2D eigenvalue weighted by atomic mass is 9.91. The van der Waals surface area contributed by atoms with Crippen molar-refractivity contribution in [2.75, 3.05) is 13.1 Å². The van der Waals surface area contributed by atoms with Crippen LogP contribution in [0.3, 0.4) is 0 Å². The largest absolute Gasteiger partial charge is 0.368 e. The summed E-state index contributed by atoms with van der Waals surface area (Å²) in [4.78, 5) is 26.8. The molecule has 0 unspecified atom stereocenters. The van der Waals surface area contributed by atoms with Crippen molar-refractivity contribution < 1.29 is 9.59 Å². The van der Waals surface area contributed by atoms with Crippen molar-refractivity contribution in [3.63, 3.8) is 0 Å². The van der Waals surface area contributed by atoms with E-state index >= 15 is 0 Å². The van der Waals surface area contributed by atoms with Crippen molar-refractivity contribution in [3.8, 4) is 0 Å². The molecule has 2 fully saturated rings. The van der Waals surface area contributed by atoms with Gasteiger partial charge >= 0.3 is 0 Å². The number of hydrogen-bond donors (Lipinski definition) is 2. The number of piperidine rings is 1. The molecule has 1 heterocycles. The van der Waals surface area contributed by atoms with Gasteiger partial charge in [0.15, 0.2) is 0 Å². The van der Waals surface area contributed by atoms with Gasteiger partial charge in [-0.15, -0.1) is 0 Å². The number of benzene rings is 1. The lowest BCUT2D eigenvalue weighted by molar-refractivity contribution is -0.131. The molecule has 0 radical (unpaired) electrons. The summed E-state index contributed by atoms with van der Waals surface area (Å²) in [5.41, 5.74) is 6.60. The average Bonchev–Trinajstić information content (AvgIpc) is 2.63. The van der Waals surface area contributed by atoms with Crippen LogP contribution < -0.4 is 11.1 Å². The molecule has 25 heavy (non-hydrogen) atoms. The molecular formula is C20H29N3O2. The smallest absolute Gasteiger partial charge is 0.239 e. The fourth-order valence-corrected chi connectivity index (χ4v) is 4.21. The van der Waals surface area contributed by atoms with E-state index < -0.39 is 6.04 Å². The van der Waals surface area contributed by atoms with Crippen LogP contribution in [0, 0.1) is 5.92 Å². The summed E-state index contributed by atoms with van der Waals surface area (Å²) in [6.45, 7) is 1.40. The van der Waals surface area contributed by atoms with E-state index in [1.807, 2.05) is 30.3 Å². The SMILES string of the molecule is NC(=O)[C@@H](c1ccccc1)N1CCC[C@H](C(=O)NC2CCCCC2)C1. The number of carbonyl (C=O) groups is 2. The number of rotatable bonds is 5. The number of nitrogens with zero attached hydrogens (tertiary/aromatic N) is 1. The molecule has 2 amide bonds. The van der Waals surface area contributed by atoms with E-state index in [1.54, 1.807) is 0 Å². The first-order valence-electron chi connectivity index (χ1n) is 9.54. The van der Waals surface area contributed by atoms with Crippen LogP contribution in [0.2, 0.25) is 0 Å². The van der Waals surface area contributed by atoms with Gasteiger partial charge in [-0.1, -0.05) is 49.6 Å². The highest BCUT2D eigenvalue weighted by atomic mass is 16.2. The first-order chi connectivity index (χ1) is 12.1. The third-order valence-electron chi connectivity index (χ3n) is 5.53. The number of likely N-dealkylation sites (tertiary alicyclic amines) is 1. The van der Waals surface area contributed by atoms with E-state index in [1.165, 1.54) is 19.3 Å². The number of carbonyl (C=O) groups excluding carboxylic acids is 2. The van der Waals surface area contributed by atoms with Crippen LogP contribution in [0.5, 0.6) is 0 Å². The van der Waals surface area contributed by atoms with Crippen molar-refractivity contribution in [2.24, 2.45) is 11.7 Å². The molecule has 0 spiro atoms. The normalized spacial score (nSPS) is 23.8. The summed E-state index contributed by atoms with van der Waals surface area (Å²) in [6.07, 6.45) is 7.68. The quantitative estimate of drug-likeness (QED) is 0.862. The molecule has 3 N–H and O–H groups in total. The second-order valence-electron chi connectivity index (χ2n) is 7.39. The van der Waals surface area contributed by atoms with Crippen LogP contribution in [0.15, 0.2) is 30.3 Å². The van der Waals surface area contributed by atoms with Gasteiger partial charge in [0.2, 0.25) is 11.8 Å². The molecule has 0 aromatic heterocycles. The van der Waals surface area contributed by atoms with Gasteiger partial charge in [0.25, 0.3) is 0 Å². The number of primary amides is 1. The van der Waals surface area contributed by atoms with Crippen LogP contribution in [0.25, 0.3) is 0 Å². The molecule has 5 heteroatoms. The zero-order valence-electron chi connectivity index (χ0n) is 14.8. The number of hydrogen-bond acceptors (Lipinski definition) is 3. The van der Waals surface area contributed by atoms with Gasteiger partial charge in [-0.3, -0.25) is 14.5 Å². The minimum absolute atomic E-state index is 0.0544. The Labute approximate surface area is 150 Å². The third kappa shape index (κ3) is 4.60. The van der Waals surface area contributed by atoms with Crippen LogP contribution in [-0.2, 0) is 9.59 Å². The molecule has 0 bridgehead atoms. The Morgan fingerprint density at radius 2 is 1.76 bits per heavy atom. The second kappa shape index (κ2) is 8.48. The zero-order chi connectivity index (χ0) is 17.6. The summed E-state index contributed by atoms with van der Waals surface area (Å²) in [5.74, 6) is -0.256. The maximum absolute atomic E-state index is 12.7. The molecular weight excluding hydrogens is 314 g/mol.